The molecule has 2 aliphatic carbocycles. The van der Waals surface area contributed by atoms with Crippen LogP contribution in [0.25, 0.3) is 0 Å². The van der Waals surface area contributed by atoms with Gasteiger partial charge < -0.3 is 11.7 Å². The molecule has 0 aromatic rings. The zero-order chi connectivity index (χ0) is 15.7. The fraction of sp³-hybridized carbons (Fsp3) is 0.625. The molecule has 0 spiro atoms. The van der Waals surface area contributed by atoms with Crippen LogP contribution in [0.15, 0.2) is 32.2 Å². The summed E-state index contributed by atoms with van der Waals surface area (Å²) in [7, 11) is 0. The third-order valence-corrected chi connectivity index (χ3v) is 4.92. The van der Waals surface area contributed by atoms with Crippen LogP contribution in [0, 0.1) is 10.8 Å². The van der Waals surface area contributed by atoms with E-state index in [4.69, 9.17) is 11.7 Å². The molecule has 0 radical (unpaired) electrons. The number of nitrogens with zero attached hydrogens (tertiary/aromatic N) is 2. The van der Waals surface area contributed by atoms with Crippen molar-refractivity contribution in [2.75, 3.05) is 0 Å². The molecule has 5 heteroatoms. The van der Waals surface area contributed by atoms with Crippen LogP contribution in [0.3, 0.4) is 0 Å². The minimum atomic E-state index is 0.213. The molecule has 0 aliphatic heterocycles. The third kappa shape index (κ3) is 4.37. The second-order valence-corrected chi connectivity index (χ2v) is 8.85. The monoisotopic (exact) mass is 306 g/mol. The molecule has 21 heavy (non-hydrogen) atoms. The van der Waals surface area contributed by atoms with Crippen LogP contribution >= 0.6 is 11.8 Å². The van der Waals surface area contributed by atoms with E-state index in [1.54, 1.807) is 0 Å². The molecule has 0 amide bonds. The predicted molar refractivity (Wildman–Crippen MR) is 93.0 cm³/mol. The summed E-state index contributed by atoms with van der Waals surface area (Å²) in [4.78, 5) is 2.66. The lowest BCUT2D eigenvalue weighted by Crippen LogP contribution is -2.24. The highest BCUT2D eigenvalue weighted by Crippen LogP contribution is 2.46. The molecule has 0 saturated carbocycles. The molecular weight excluding hydrogens is 280 g/mol. The van der Waals surface area contributed by atoms with Gasteiger partial charge in [-0.2, -0.15) is 10.2 Å². The Balaban J connectivity index is 2.21. The van der Waals surface area contributed by atoms with Crippen molar-refractivity contribution >= 4 is 23.2 Å². The molecule has 2 rings (SSSR count). The summed E-state index contributed by atoms with van der Waals surface area (Å²) in [6.07, 6.45) is 8.27. The fourth-order valence-corrected chi connectivity index (χ4v) is 4.74. The highest BCUT2D eigenvalue weighted by molar-refractivity contribution is 8.06. The van der Waals surface area contributed by atoms with Crippen molar-refractivity contribution < 1.29 is 0 Å². The standard InChI is InChI=1S/C16H26N4S/c1-15(2)7-11(19-17)5-13(9-15)21-14-6-12(20-18)8-16(3,4)10-14/h5-6H,7-10,17-18H2,1-4H3. The van der Waals surface area contributed by atoms with Gasteiger partial charge in [0.25, 0.3) is 0 Å². The summed E-state index contributed by atoms with van der Waals surface area (Å²) >= 11 is 1.83. The molecule has 0 aromatic carbocycles. The second kappa shape index (κ2) is 5.87. The van der Waals surface area contributed by atoms with Crippen LogP contribution in [0.5, 0.6) is 0 Å². The van der Waals surface area contributed by atoms with Gasteiger partial charge in [-0.3, -0.25) is 0 Å². The van der Waals surface area contributed by atoms with Crippen LogP contribution < -0.4 is 11.7 Å². The van der Waals surface area contributed by atoms with E-state index in [9.17, 15) is 0 Å². The molecule has 0 heterocycles. The van der Waals surface area contributed by atoms with Crippen molar-refractivity contribution in [3.05, 3.63) is 22.0 Å². The number of rotatable bonds is 2. The summed E-state index contributed by atoms with van der Waals surface area (Å²) in [5.41, 5.74) is 2.39. The van der Waals surface area contributed by atoms with Crippen LogP contribution in [-0.4, -0.2) is 11.4 Å². The van der Waals surface area contributed by atoms with E-state index in [2.05, 4.69) is 50.0 Å². The third-order valence-electron chi connectivity index (χ3n) is 3.87. The largest absolute Gasteiger partial charge is 0.323 e. The average molecular weight is 306 g/mol. The Labute approximate surface area is 131 Å². The molecule has 0 saturated heterocycles. The van der Waals surface area contributed by atoms with E-state index in [1.165, 1.54) is 9.81 Å². The van der Waals surface area contributed by atoms with Gasteiger partial charge >= 0.3 is 0 Å². The average Bonchev–Trinajstić information content (AvgIpc) is 2.34. The van der Waals surface area contributed by atoms with Crippen molar-refractivity contribution in [1.29, 1.82) is 0 Å². The first kappa shape index (κ1) is 16.1. The molecule has 4 N–H and O–H groups in total. The van der Waals surface area contributed by atoms with Crippen LogP contribution in [0.1, 0.15) is 53.4 Å². The normalized spacial score (nSPS) is 28.4. The Bertz CT molecular complexity index is 490. The first-order chi connectivity index (χ1) is 9.73. The Kier molecular flexibility index (Phi) is 4.51. The Morgan fingerprint density at radius 3 is 1.52 bits per heavy atom. The Morgan fingerprint density at radius 2 is 1.19 bits per heavy atom. The van der Waals surface area contributed by atoms with Gasteiger partial charge in [-0.1, -0.05) is 39.5 Å². The number of nitrogens with two attached hydrogens (primary N) is 2. The first-order valence-corrected chi connectivity index (χ1v) is 8.17. The topological polar surface area (TPSA) is 76.8 Å². The fourth-order valence-electron chi connectivity index (χ4n) is 3.09. The van der Waals surface area contributed by atoms with E-state index < -0.39 is 0 Å². The van der Waals surface area contributed by atoms with E-state index in [-0.39, 0.29) is 10.8 Å². The molecule has 2 aliphatic rings. The van der Waals surface area contributed by atoms with Gasteiger partial charge in [0.15, 0.2) is 0 Å². The van der Waals surface area contributed by atoms with Crippen molar-refractivity contribution in [2.24, 2.45) is 32.7 Å². The zero-order valence-electron chi connectivity index (χ0n) is 13.4. The van der Waals surface area contributed by atoms with Crippen molar-refractivity contribution in [1.82, 2.24) is 0 Å². The van der Waals surface area contributed by atoms with Crippen molar-refractivity contribution in [3.63, 3.8) is 0 Å². The van der Waals surface area contributed by atoms with E-state index >= 15 is 0 Å². The van der Waals surface area contributed by atoms with Gasteiger partial charge in [-0.15, -0.1) is 0 Å². The van der Waals surface area contributed by atoms with E-state index in [0.717, 1.165) is 37.1 Å². The van der Waals surface area contributed by atoms with Gasteiger partial charge in [0.05, 0.1) is 11.4 Å². The summed E-state index contributed by atoms with van der Waals surface area (Å²) in [5.74, 6) is 11.0. The van der Waals surface area contributed by atoms with Crippen LogP contribution in [-0.2, 0) is 0 Å². The molecule has 0 unspecified atom stereocenters. The lowest BCUT2D eigenvalue weighted by atomic mass is 9.80. The van der Waals surface area contributed by atoms with Crippen LogP contribution in [0.4, 0.5) is 0 Å². The van der Waals surface area contributed by atoms with E-state index in [0.29, 0.717) is 0 Å². The smallest absolute Gasteiger partial charge is 0.0614 e. The van der Waals surface area contributed by atoms with Gasteiger partial charge in [0, 0.05) is 0 Å². The van der Waals surface area contributed by atoms with Gasteiger partial charge in [-0.05, 0) is 58.5 Å². The molecular formula is C16H26N4S. The number of thioether (sulfide) groups is 1. The van der Waals surface area contributed by atoms with Crippen molar-refractivity contribution in [2.45, 2.75) is 53.4 Å². The van der Waals surface area contributed by atoms with Gasteiger partial charge in [-0.25, -0.2) is 0 Å². The number of hydrogen-bond acceptors (Lipinski definition) is 5. The highest BCUT2D eigenvalue weighted by atomic mass is 32.2. The van der Waals surface area contributed by atoms with Gasteiger partial charge in [0.2, 0.25) is 0 Å². The SMILES string of the molecule is CC1(C)CC(SC2=CC(=NN)CC(C)(C)C2)=CC(=NN)C1. The molecule has 0 fully saturated rings. The summed E-state index contributed by atoms with van der Waals surface area (Å²) in [5, 5.41) is 7.82. The summed E-state index contributed by atoms with van der Waals surface area (Å²) in [6.45, 7) is 9.05. The van der Waals surface area contributed by atoms with Crippen LogP contribution in [0.2, 0.25) is 0 Å². The summed E-state index contributed by atoms with van der Waals surface area (Å²) < 4.78 is 0. The quantitative estimate of drug-likeness (QED) is 0.602. The molecule has 0 bridgehead atoms. The van der Waals surface area contributed by atoms with Gasteiger partial charge in [0.1, 0.15) is 0 Å². The predicted octanol–water partition coefficient (Wildman–Crippen LogP) is 3.76. The minimum absolute atomic E-state index is 0.213. The maximum absolute atomic E-state index is 5.49. The lowest BCUT2D eigenvalue weighted by molar-refractivity contribution is 0.378. The minimum Gasteiger partial charge on any atom is -0.323 e. The summed E-state index contributed by atoms with van der Waals surface area (Å²) in [6, 6.07) is 0. The molecule has 0 atom stereocenters. The number of hydrazone groups is 2. The Morgan fingerprint density at radius 1 is 0.810 bits per heavy atom. The number of allylic oxidation sites excluding steroid dienone is 4. The highest BCUT2D eigenvalue weighted by Gasteiger charge is 2.30. The zero-order valence-corrected chi connectivity index (χ0v) is 14.3. The lowest BCUT2D eigenvalue weighted by Gasteiger charge is -2.33. The van der Waals surface area contributed by atoms with E-state index in [1.807, 2.05) is 11.8 Å². The Hall–Kier alpha value is -1.23. The second-order valence-electron chi connectivity index (χ2n) is 7.60. The number of hydrogen-bond donors (Lipinski definition) is 2. The first-order valence-electron chi connectivity index (χ1n) is 7.35. The maximum atomic E-state index is 5.49. The van der Waals surface area contributed by atoms with Crippen molar-refractivity contribution in [3.8, 4) is 0 Å². The molecule has 0 aromatic heterocycles. The molecule has 4 nitrogen and oxygen atoms in total. The molecule has 116 valence electrons. The maximum Gasteiger partial charge on any atom is 0.0614 e.